The van der Waals surface area contributed by atoms with Crippen LogP contribution in [0.2, 0.25) is 0 Å². The second-order valence-corrected chi connectivity index (χ2v) is 7.25. The lowest BCUT2D eigenvalue weighted by molar-refractivity contribution is 0.316. The molecule has 0 saturated carbocycles. The molecule has 2 rings (SSSR count). The molecule has 1 aromatic rings. The molecule has 0 bridgehead atoms. The number of rotatable bonds is 6. The van der Waals surface area contributed by atoms with Gasteiger partial charge in [-0.3, -0.25) is 0 Å². The molecule has 0 radical (unpaired) electrons. The molecule has 19 heavy (non-hydrogen) atoms. The number of likely N-dealkylation sites (N-methyl/N-ethyl adjacent to an activating group) is 1. The van der Waals surface area contributed by atoms with E-state index in [1.54, 1.807) is 0 Å². The highest BCUT2D eigenvalue weighted by Gasteiger charge is 2.26. The van der Waals surface area contributed by atoms with Gasteiger partial charge in [0.05, 0.1) is 11.2 Å². The molecule has 4 nitrogen and oxygen atoms in total. The number of nitrogens with one attached hydrogen (secondary N) is 1. The summed E-state index contributed by atoms with van der Waals surface area (Å²) in [6, 6.07) is 0.372. The standard InChI is InChI=1S/C13H23N3OS2/c1-4-10(9(3)14-5-2)13-15-12(16-17-13)11-8-18-6-7-19-11/h9-11,14H,4-8H2,1-3H3. The predicted molar refractivity (Wildman–Crippen MR) is 83.0 cm³/mol. The van der Waals surface area contributed by atoms with Gasteiger partial charge < -0.3 is 9.84 Å². The molecule has 1 saturated heterocycles. The van der Waals surface area contributed by atoms with Crippen molar-refractivity contribution in [2.75, 3.05) is 23.8 Å². The van der Waals surface area contributed by atoms with Gasteiger partial charge in [-0.25, -0.2) is 0 Å². The fourth-order valence-corrected chi connectivity index (χ4v) is 4.96. The van der Waals surface area contributed by atoms with Crippen LogP contribution in [0.15, 0.2) is 4.52 Å². The zero-order valence-corrected chi connectivity index (χ0v) is 13.5. The minimum Gasteiger partial charge on any atom is -0.339 e. The van der Waals surface area contributed by atoms with Crippen molar-refractivity contribution in [3.8, 4) is 0 Å². The van der Waals surface area contributed by atoms with E-state index in [4.69, 9.17) is 4.52 Å². The Bertz CT molecular complexity index is 380. The minimum atomic E-state index is 0.308. The van der Waals surface area contributed by atoms with Gasteiger partial charge in [0, 0.05) is 23.3 Å². The Hall–Kier alpha value is -0.200. The van der Waals surface area contributed by atoms with Crippen LogP contribution in [0.25, 0.3) is 0 Å². The van der Waals surface area contributed by atoms with Crippen molar-refractivity contribution in [2.45, 2.75) is 44.4 Å². The molecule has 0 aromatic carbocycles. The molecule has 6 heteroatoms. The summed E-state index contributed by atoms with van der Waals surface area (Å²) in [5.41, 5.74) is 0. The molecule has 108 valence electrons. The molecule has 1 aliphatic rings. The van der Waals surface area contributed by atoms with Crippen LogP contribution in [-0.4, -0.2) is 40.0 Å². The van der Waals surface area contributed by atoms with Gasteiger partial charge in [0.1, 0.15) is 0 Å². The van der Waals surface area contributed by atoms with Gasteiger partial charge in [-0.05, 0) is 19.9 Å². The van der Waals surface area contributed by atoms with Gasteiger partial charge in [0.25, 0.3) is 0 Å². The van der Waals surface area contributed by atoms with Crippen LogP contribution in [0.1, 0.15) is 50.1 Å². The van der Waals surface area contributed by atoms with Gasteiger partial charge in [0.2, 0.25) is 5.89 Å². The summed E-state index contributed by atoms with van der Waals surface area (Å²) in [5, 5.41) is 8.06. The molecule has 1 aromatic heterocycles. The van der Waals surface area contributed by atoms with E-state index >= 15 is 0 Å². The lowest BCUT2D eigenvalue weighted by Gasteiger charge is -2.20. The average molecular weight is 301 g/mol. The van der Waals surface area contributed by atoms with Gasteiger partial charge in [-0.2, -0.15) is 16.7 Å². The number of nitrogens with zero attached hydrogens (tertiary/aromatic N) is 2. The van der Waals surface area contributed by atoms with E-state index in [0.717, 1.165) is 30.4 Å². The van der Waals surface area contributed by atoms with Crippen molar-refractivity contribution in [3.63, 3.8) is 0 Å². The SMILES string of the molecule is CCNC(C)C(CC)c1nc(C2CSCCS2)no1. The zero-order valence-electron chi connectivity index (χ0n) is 11.9. The summed E-state index contributed by atoms with van der Waals surface area (Å²) in [6.45, 7) is 7.45. The van der Waals surface area contributed by atoms with Gasteiger partial charge in [-0.1, -0.05) is 19.0 Å². The van der Waals surface area contributed by atoms with Crippen molar-refractivity contribution >= 4 is 23.5 Å². The molecule has 3 atom stereocenters. The van der Waals surface area contributed by atoms with Crippen LogP contribution in [0.4, 0.5) is 0 Å². The van der Waals surface area contributed by atoms with Crippen molar-refractivity contribution in [3.05, 3.63) is 11.7 Å². The molecule has 1 fully saturated rings. The smallest absolute Gasteiger partial charge is 0.231 e. The largest absolute Gasteiger partial charge is 0.339 e. The summed E-state index contributed by atoms with van der Waals surface area (Å²) < 4.78 is 5.51. The van der Waals surface area contributed by atoms with Crippen molar-refractivity contribution in [1.82, 2.24) is 15.5 Å². The van der Waals surface area contributed by atoms with Crippen LogP contribution >= 0.6 is 23.5 Å². The highest BCUT2D eigenvalue weighted by molar-refractivity contribution is 8.06. The lowest BCUT2D eigenvalue weighted by atomic mass is 9.98. The number of hydrogen-bond donors (Lipinski definition) is 1. The Morgan fingerprint density at radius 3 is 2.89 bits per heavy atom. The summed E-state index contributed by atoms with van der Waals surface area (Å²) >= 11 is 3.93. The van der Waals surface area contributed by atoms with E-state index in [0.29, 0.717) is 17.2 Å². The van der Waals surface area contributed by atoms with E-state index < -0.39 is 0 Å². The first kappa shape index (κ1) is 15.2. The third-order valence-electron chi connectivity index (χ3n) is 3.45. The van der Waals surface area contributed by atoms with E-state index in [2.05, 4.69) is 36.2 Å². The number of aromatic nitrogens is 2. The quantitative estimate of drug-likeness (QED) is 0.871. The van der Waals surface area contributed by atoms with E-state index in [9.17, 15) is 0 Å². The fraction of sp³-hybridized carbons (Fsp3) is 0.846. The minimum absolute atomic E-state index is 0.308. The van der Waals surface area contributed by atoms with Gasteiger partial charge in [-0.15, -0.1) is 11.8 Å². The molecule has 0 aliphatic carbocycles. The maximum absolute atomic E-state index is 5.51. The summed E-state index contributed by atoms with van der Waals surface area (Å²) in [5.74, 6) is 5.51. The molecular weight excluding hydrogens is 278 g/mol. The molecule has 3 unspecified atom stereocenters. The second-order valence-electron chi connectivity index (χ2n) is 4.79. The maximum atomic E-state index is 5.51. The monoisotopic (exact) mass is 301 g/mol. The van der Waals surface area contributed by atoms with Crippen molar-refractivity contribution < 1.29 is 4.52 Å². The van der Waals surface area contributed by atoms with E-state index in [-0.39, 0.29) is 0 Å². The Morgan fingerprint density at radius 1 is 1.42 bits per heavy atom. The van der Waals surface area contributed by atoms with Gasteiger partial charge in [0.15, 0.2) is 5.82 Å². The topological polar surface area (TPSA) is 51.0 Å². The maximum Gasteiger partial charge on any atom is 0.231 e. The third-order valence-corrected chi connectivity index (χ3v) is 6.20. The number of thioether (sulfide) groups is 2. The van der Waals surface area contributed by atoms with E-state index in [1.165, 1.54) is 11.5 Å². The average Bonchev–Trinajstić information content (AvgIpc) is 2.90. The van der Waals surface area contributed by atoms with Crippen LogP contribution in [-0.2, 0) is 0 Å². The Kier molecular flexibility index (Phi) is 6.04. The first-order valence-corrected chi connectivity index (χ1v) is 9.22. The Labute approximate surface area is 123 Å². The van der Waals surface area contributed by atoms with Crippen LogP contribution in [0.5, 0.6) is 0 Å². The summed E-state index contributed by atoms with van der Waals surface area (Å²) in [7, 11) is 0. The third kappa shape index (κ3) is 3.89. The second kappa shape index (κ2) is 7.55. The lowest BCUT2D eigenvalue weighted by Crippen LogP contribution is -2.31. The van der Waals surface area contributed by atoms with Crippen molar-refractivity contribution in [2.24, 2.45) is 0 Å². The summed E-state index contributed by atoms with van der Waals surface area (Å²) in [4.78, 5) is 4.66. The predicted octanol–water partition coefficient (Wildman–Crippen LogP) is 3.08. The normalized spacial score (nSPS) is 23.2. The first-order valence-electron chi connectivity index (χ1n) is 7.02. The van der Waals surface area contributed by atoms with Gasteiger partial charge >= 0.3 is 0 Å². The highest BCUT2D eigenvalue weighted by Crippen LogP contribution is 2.36. The zero-order chi connectivity index (χ0) is 13.7. The van der Waals surface area contributed by atoms with Crippen LogP contribution < -0.4 is 5.32 Å². The fourth-order valence-electron chi connectivity index (χ4n) is 2.37. The molecule has 0 spiro atoms. The van der Waals surface area contributed by atoms with Crippen LogP contribution in [0.3, 0.4) is 0 Å². The Morgan fingerprint density at radius 2 is 2.26 bits per heavy atom. The number of hydrogen-bond acceptors (Lipinski definition) is 6. The molecular formula is C13H23N3OS2. The van der Waals surface area contributed by atoms with Crippen molar-refractivity contribution in [1.29, 1.82) is 0 Å². The van der Waals surface area contributed by atoms with Crippen LogP contribution in [0, 0.1) is 0 Å². The molecule has 1 N–H and O–H groups in total. The molecule has 1 aliphatic heterocycles. The molecule has 0 amide bonds. The van der Waals surface area contributed by atoms with E-state index in [1.807, 2.05) is 23.5 Å². The molecule has 2 heterocycles. The first-order chi connectivity index (χ1) is 9.26. The highest BCUT2D eigenvalue weighted by atomic mass is 32.2. The summed E-state index contributed by atoms with van der Waals surface area (Å²) in [6.07, 6.45) is 1.02. The Balaban J connectivity index is 2.05.